The third-order valence-electron chi connectivity index (χ3n) is 2.90. The number of alkyl halides is 1. The maximum atomic E-state index is 11.9. The lowest BCUT2D eigenvalue weighted by molar-refractivity contribution is -0.117. The number of hydrogen-bond donors (Lipinski definition) is 1. The summed E-state index contributed by atoms with van der Waals surface area (Å²) in [7, 11) is 0. The zero-order valence-corrected chi connectivity index (χ0v) is 10.9. The fourth-order valence-electron chi connectivity index (χ4n) is 2.09. The third kappa shape index (κ3) is 2.82. The molecule has 18 heavy (non-hydrogen) atoms. The summed E-state index contributed by atoms with van der Waals surface area (Å²) in [5.74, 6) is 0.663. The summed E-state index contributed by atoms with van der Waals surface area (Å²) in [6, 6.07) is 7.28. The van der Waals surface area contributed by atoms with Crippen molar-refractivity contribution in [3.05, 3.63) is 24.3 Å². The third-order valence-corrected chi connectivity index (χ3v) is 3.34. The van der Waals surface area contributed by atoms with Gasteiger partial charge in [0.1, 0.15) is 0 Å². The van der Waals surface area contributed by atoms with Crippen molar-refractivity contribution in [3.8, 4) is 0 Å². The van der Waals surface area contributed by atoms with Gasteiger partial charge in [-0.2, -0.15) is 0 Å². The van der Waals surface area contributed by atoms with Gasteiger partial charge in [-0.3, -0.25) is 9.59 Å². The predicted molar refractivity (Wildman–Crippen MR) is 71.9 cm³/mol. The number of halogens is 1. The van der Waals surface area contributed by atoms with Crippen LogP contribution in [0, 0.1) is 5.92 Å². The lowest BCUT2D eigenvalue weighted by Gasteiger charge is -2.17. The number of anilines is 2. The Morgan fingerprint density at radius 3 is 2.94 bits per heavy atom. The van der Waals surface area contributed by atoms with Crippen LogP contribution in [0.2, 0.25) is 0 Å². The molecule has 2 amide bonds. The first-order valence-corrected chi connectivity index (χ1v) is 6.37. The van der Waals surface area contributed by atoms with E-state index in [1.54, 1.807) is 17.0 Å². The smallest absolute Gasteiger partial charge is 0.227 e. The summed E-state index contributed by atoms with van der Waals surface area (Å²) < 4.78 is 0. The van der Waals surface area contributed by atoms with Crippen LogP contribution in [-0.4, -0.2) is 24.2 Å². The van der Waals surface area contributed by atoms with E-state index in [1.807, 2.05) is 12.1 Å². The molecule has 0 aliphatic carbocycles. The van der Waals surface area contributed by atoms with Crippen molar-refractivity contribution in [2.24, 2.45) is 5.92 Å². The Morgan fingerprint density at radius 1 is 1.56 bits per heavy atom. The van der Waals surface area contributed by atoms with Gasteiger partial charge in [-0.25, -0.2) is 0 Å². The number of carbonyl (C=O) groups is 2. The number of rotatable bonds is 3. The number of nitrogens with one attached hydrogen (secondary N) is 1. The van der Waals surface area contributed by atoms with Crippen molar-refractivity contribution < 1.29 is 9.59 Å². The zero-order valence-electron chi connectivity index (χ0n) is 10.1. The first-order valence-electron chi connectivity index (χ1n) is 5.84. The highest BCUT2D eigenvalue weighted by Gasteiger charge is 2.29. The van der Waals surface area contributed by atoms with Crippen molar-refractivity contribution >= 4 is 34.8 Å². The molecule has 2 rings (SSSR count). The molecule has 1 aromatic rings. The molecule has 1 aromatic carbocycles. The standard InChI is InChI=1S/C13H15ClN2O2/c1-9(17)15-11-3-2-4-12(6-11)16-8-10(7-14)5-13(16)18/h2-4,6,10H,5,7-8H2,1H3,(H,15,17). The summed E-state index contributed by atoms with van der Waals surface area (Å²) >= 11 is 5.79. The summed E-state index contributed by atoms with van der Waals surface area (Å²) in [6.07, 6.45) is 0.494. The average Bonchev–Trinajstić information content (AvgIpc) is 2.70. The molecule has 1 aliphatic heterocycles. The van der Waals surface area contributed by atoms with Crippen molar-refractivity contribution in [2.75, 3.05) is 22.6 Å². The quantitative estimate of drug-likeness (QED) is 0.853. The van der Waals surface area contributed by atoms with E-state index in [0.29, 0.717) is 24.5 Å². The Kier molecular flexibility index (Phi) is 3.87. The summed E-state index contributed by atoms with van der Waals surface area (Å²) in [6.45, 7) is 2.10. The average molecular weight is 267 g/mol. The molecule has 1 aliphatic rings. The van der Waals surface area contributed by atoms with Gasteiger partial charge in [0.15, 0.2) is 0 Å². The van der Waals surface area contributed by atoms with Crippen LogP contribution in [0.1, 0.15) is 13.3 Å². The second kappa shape index (κ2) is 5.40. The van der Waals surface area contributed by atoms with Crippen LogP contribution in [0.15, 0.2) is 24.3 Å². The highest BCUT2D eigenvalue weighted by atomic mass is 35.5. The number of carbonyl (C=O) groups excluding carboxylic acids is 2. The Hall–Kier alpha value is -1.55. The number of hydrogen-bond acceptors (Lipinski definition) is 2. The molecule has 1 heterocycles. The normalized spacial score (nSPS) is 19.1. The summed E-state index contributed by atoms with van der Waals surface area (Å²) in [4.78, 5) is 24.6. The van der Waals surface area contributed by atoms with Gasteiger partial charge in [-0.15, -0.1) is 11.6 Å². The van der Waals surface area contributed by atoms with Gasteiger partial charge in [-0.05, 0) is 24.1 Å². The van der Waals surface area contributed by atoms with Gasteiger partial charge < -0.3 is 10.2 Å². The molecule has 0 spiro atoms. The molecule has 96 valence electrons. The molecule has 0 radical (unpaired) electrons. The minimum absolute atomic E-state index is 0.0839. The lowest BCUT2D eigenvalue weighted by atomic mass is 10.1. The van der Waals surface area contributed by atoms with E-state index in [-0.39, 0.29) is 17.7 Å². The minimum atomic E-state index is -0.126. The molecule has 0 saturated carbocycles. The fourth-order valence-corrected chi connectivity index (χ4v) is 2.30. The van der Waals surface area contributed by atoms with Crippen molar-refractivity contribution in [1.29, 1.82) is 0 Å². The van der Waals surface area contributed by atoms with Gasteiger partial charge in [0.25, 0.3) is 0 Å². The molecular formula is C13H15ClN2O2. The molecule has 4 nitrogen and oxygen atoms in total. The van der Waals surface area contributed by atoms with Crippen LogP contribution in [0.5, 0.6) is 0 Å². The van der Waals surface area contributed by atoms with Gasteiger partial charge in [0, 0.05) is 37.1 Å². The van der Waals surface area contributed by atoms with Crippen LogP contribution in [0.3, 0.4) is 0 Å². The van der Waals surface area contributed by atoms with Crippen LogP contribution in [-0.2, 0) is 9.59 Å². The van der Waals surface area contributed by atoms with E-state index < -0.39 is 0 Å². The van der Waals surface area contributed by atoms with Crippen molar-refractivity contribution in [1.82, 2.24) is 0 Å². The molecule has 1 saturated heterocycles. The number of benzene rings is 1. The molecule has 0 aromatic heterocycles. The molecule has 0 bridgehead atoms. The maximum absolute atomic E-state index is 11.9. The van der Waals surface area contributed by atoms with Crippen LogP contribution in [0.4, 0.5) is 11.4 Å². The van der Waals surface area contributed by atoms with Gasteiger partial charge in [0.05, 0.1) is 0 Å². The first-order chi connectivity index (χ1) is 8.60. The minimum Gasteiger partial charge on any atom is -0.326 e. The van der Waals surface area contributed by atoms with Gasteiger partial charge in [0.2, 0.25) is 11.8 Å². The Morgan fingerprint density at radius 2 is 2.33 bits per heavy atom. The number of amides is 2. The van der Waals surface area contributed by atoms with Crippen molar-refractivity contribution in [2.45, 2.75) is 13.3 Å². The predicted octanol–water partition coefficient (Wildman–Crippen LogP) is 2.24. The van der Waals surface area contributed by atoms with Gasteiger partial charge in [-0.1, -0.05) is 6.07 Å². The molecular weight excluding hydrogens is 252 g/mol. The summed E-state index contributed by atoms with van der Waals surface area (Å²) in [5, 5.41) is 2.71. The van der Waals surface area contributed by atoms with Crippen LogP contribution < -0.4 is 10.2 Å². The lowest BCUT2D eigenvalue weighted by Crippen LogP contribution is -2.24. The Balaban J connectivity index is 2.18. The second-order valence-electron chi connectivity index (χ2n) is 4.46. The SMILES string of the molecule is CC(=O)Nc1cccc(N2CC(CCl)CC2=O)c1. The number of nitrogens with zero attached hydrogens (tertiary/aromatic N) is 1. The van der Waals surface area contributed by atoms with Crippen LogP contribution in [0.25, 0.3) is 0 Å². The molecule has 1 N–H and O–H groups in total. The molecule has 1 unspecified atom stereocenters. The topological polar surface area (TPSA) is 49.4 Å². The first kappa shape index (κ1) is 12.9. The summed E-state index contributed by atoms with van der Waals surface area (Å²) in [5.41, 5.74) is 1.50. The van der Waals surface area contributed by atoms with E-state index in [0.717, 1.165) is 5.69 Å². The van der Waals surface area contributed by atoms with E-state index >= 15 is 0 Å². The fraction of sp³-hybridized carbons (Fsp3) is 0.385. The second-order valence-corrected chi connectivity index (χ2v) is 4.77. The van der Waals surface area contributed by atoms with E-state index in [4.69, 9.17) is 11.6 Å². The highest BCUT2D eigenvalue weighted by Crippen LogP contribution is 2.27. The van der Waals surface area contributed by atoms with Crippen LogP contribution >= 0.6 is 11.6 Å². The van der Waals surface area contributed by atoms with Gasteiger partial charge >= 0.3 is 0 Å². The van der Waals surface area contributed by atoms with E-state index in [2.05, 4.69) is 5.32 Å². The molecule has 1 atom stereocenters. The van der Waals surface area contributed by atoms with E-state index in [1.165, 1.54) is 6.92 Å². The van der Waals surface area contributed by atoms with E-state index in [9.17, 15) is 9.59 Å². The largest absolute Gasteiger partial charge is 0.326 e. The van der Waals surface area contributed by atoms with Crippen molar-refractivity contribution in [3.63, 3.8) is 0 Å². The zero-order chi connectivity index (χ0) is 13.1. The Labute approximate surface area is 111 Å². The molecule has 5 heteroatoms. The highest BCUT2D eigenvalue weighted by molar-refractivity contribution is 6.18. The Bertz CT molecular complexity index is 476. The monoisotopic (exact) mass is 266 g/mol. The maximum Gasteiger partial charge on any atom is 0.227 e. The molecule has 1 fully saturated rings.